The van der Waals surface area contributed by atoms with Crippen molar-refractivity contribution in [1.82, 2.24) is 5.32 Å². The van der Waals surface area contributed by atoms with Crippen LogP contribution in [0.25, 0.3) is 0 Å². The molecule has 20 heavy (non-hydrogen) atoms. The molecule has 2 rings (SSSR count). The molecule has 0 saturated carbocycles. The number of halogens is 1. The molecule has 1 aliphatic heterocycles. The second-order valence-corrected chi connectivity index (χ2v) is 5.29. The average Bonchev–Trinajstić information content (AvgIpc) is 2.38. The summed E-state index contributed by atoms with van der Waals surface area (Å²) in [6.07, 6.45) is 1.86. The number of dihydropyridines is 1. The molecule has 1 unspecified atom stereocenters. The predicted octanol–water partition coefficient (Wildman–Crippen LogP) is 3.41. The highest BCUT2D eigenvalue weighted by molar-refractivity contribution is 5.90. The molecule has 2 N–H and O–H groups in total. The van der Waals surface area contributed by atoms with E-state index in [1.54, 1.807) is 12.1 Å². The van der Waals surface area contributed by atoms with Crippen LogP contribution in [0.3, 0.4) is 0 Å². The fourth-order valence-corrected chi connectivity index (χ4v) is 2.46. The largest absolute Gasteiger partial charge is 0.478 e. The highest BCUT2D eigenvalue weighted by Gasteiger charge is 2.29. The molecule has 0 fully saturated rings. The summed E-state index contributed by atoms with van der Waals surface area (Å²) in [4.78, 5) is 11.6. The van der Waals surface area contributed by atoms with E-state index in [1.807, 2.05) is 26.8 Å². The number of carboxylic acids is 1. The highest BCUT2D eigenvalue weighted by Crippen LogP contribution is 2.34. The minimum Gasteiger partial charge on any atom is -0.478 e. The molecule has 1 atom stereocenters. The van der Waals surface area contributed by atoms with Crippen molar-refractivity contribution < 1.29 is 14.3 Å². The Kier molecular flexibility index (Phi) is 3.93. The number of benzene rings is 1. The SMILES string of the molecule is CC1=CC(c2ccc(F)cc2)C(C(=O)O)=C(C(C)C)N1. The molecule has 1 heterocycles. The van der Waals surface area contributed by atoms with Gasteiger partial charge in [-0.1, -0.05) is 32.1 Å². The fraction of sp³-hybridized carbons (Fsp3) is 0.312. The molecule has 0 amide bonds. The third-order valence-corrected chi connectivity index (χ3v) is 3.39. The van der Waals surface area contributed by atoms with E-state index < -0.39 is 5.97 Å². The van der Waals surface area contributed by atoms with Crippen LogP contribution in [0.2, 0.25) is 0 Å². The Labute approximate surface area is 117 Å². The standard InChI is InChI=1S/C16H18FNO2/c1-9(2)15-14(16(19)20)13(8-10(3)18-15)11-4-6-12(17)7-5-11/h4-9,13,18H,1-3H3,(H,19,20). The lowest BCUT2D eigenvalue weighted by Crippen LogP contribution is -2.28. The zero-order valence-corrected chi connectivity index (χ0v) is 11.8. The van der Waals surface area contributed by atoms with Crippen LogP contribution in [0.4, 0.5) is 4.39 Å². The third kappa shape index (κ3) is 2.74. The van der Waals surface area contributed by atoms with Crippen LogP contribution in [-0.4, -0.2) is 11.1 Å². The molecule has 0 bridgehead atoms. The lowest BCUT2D eigenvalue weighted by Gasteiger charge is -2.28. The minimum absolute atomic E-state index is 0.0766. The van der Waals surface area contributed by atoms with Gasteiger partial charge in [-0.2, -0.15) is 0 Å². The highest BCUT2D eigenvalue weighted by atomic mass is 19.1. The number of carbonyl (C=O) groups is 1. The van der Waals surface area contributed by atoms with Gasteiger partial charge in [-0.25, -0.2) is 9.18 Å². The van der Waals surface area contributed by atoms with E-state index in [0.717, 1.165) is 11.3 Å². The van der Waals surface area contributed by atoms with Crippen molar-refractivity contribution in [2.45, 2.75) is 26.7 Å². The van der Waals surface area contributed by atoms with Gasteiger partial charge in [0.25, 0.3) is 0 Å². The number of allylic oxidation sites excluding steroid dienone is 3. The quantitative estimate of drug-likeness (QED) is 0.888. The molecular formula is C16H18FNO2. The zero-order valence-electron chi connectivity index (χ0n) is 11.8. The molecule has 0 saturated heterocycles. The molecule has 1 aliphatic rings. The first-order valence-electron chi connectivity index (χ1n) is 6.58. The topological polar surface area (TPSA) is 49.3 Å². The first-order chi connectivity index (χ1) is 9.40. The summed E-state index contributed by atoms with van der Waals surface area (Å²) >= 11 is 0. The monoisotopic (exact) mass is 275 g/mol. The minimum atomic E-state index is -0.945. The number of hydrogen-bond donors (Lipinski definition) is 2. The number of carboxylic acid groups (broad SMARTS) is 1. The Hall–Kier alpha value is -2.10. The number of rotatable bonds is 3. The van der Waals surface area contributed by atoms with E-state index >= 15 is 0 Å². The number of hydrogen-bond acceptors (Lipinski definition) is 2. The van der Waals surface area contributed by atoms with Crippen LogP contribution >= 0.6 is 0 Å². The molecule has 1 aromatic carbocycles. The molecule has 3 nitrogen and oxygen atoms in total. The second-order valence-electron chi connectivity index (χ2n) is 5.29. The summed E-state index contributed by atoms with van der Waals surface area (Å²) in [5, 5.41) is 12.7. The Morgan fingerprint density at radius 3 is 2.40 bits per heavy atom. The summed E-state index contributed by atoms with van der Waals surface area (Å²) in [7, 11) is 0. The van der Waals surface area contributed by atoms with E-state index in [-0.39, 0.29) is 17.7 Å². The lowest BCUT2D eigenvalue weighted by atomic mass is 9.84. The molecule has 1 aromatic rings. The summed E-state index contributed by atoms with van der Waals surface area (Å²) in [5.41, 5.74) is 2.74. The molecule has 0 aromatic heterocycles. The fourth-order valence-electron chi connectivity index (χ4n) is 2.46. The van der Waals surface area contributed by atoms with Crippen molar-refractivity contribution in [3.05, 3.63) is 58.7 Å². The Balaban J connectivity index is 2.55. The normalized spacial score (nSPS) is 18.9. The zero-order chi connectivity index (χ0) is 14.9. The van der Waals surface area contributed by atoms with E-state index in [9.17, 15) is 14.3 Å². The van der Waals surface area contributed by atoms with Crippen molar-refractivity contribution in [2.24, 2.45) is 5.92 Å². The van der Waals surface area contributed by atoms with Crippen molar-refractivity contribution >= 4 is 5.97 Å². The van der Waals surface area contributed by atoms with E-state index in [4.69, 9.17) is 0 Å². The average molecular weight is 275 g/mol. The van der Waals surface area contributed by atoms with Crippen LogP contribution in [-0.2, 0) is 4.79 Å². The summed E-state index contributed by atoms with van der Waals surface area (Å²) in [5.74, 6) is -1.55. The van der Waals surface area contributed by atoms with Gasteiger partial charge in [0.15, 0.2) is 0 Å². The third-order valence-electron chi connectivity index (χ3n) is 3.39. The van der Waals surface area contributed by atoms with Gasteiger partial charge < -0.3 is 10.4 Å². The molecule has 0 spiro atoms. The maximum Gasteiger partial charge on any atom is 0.334 e. The maximum atomic E-state index is 13.0. The Bertz CT molecular complexity index is 585. The first-order valence-corrected chi connectivity index (χ1v) is 6.58. The Morgan fingerprint density at radius 1 is 1.30 bits per heavy atom. The van der Waals surface area contributed by atoms with E-state index in [2.05, 4.69) is 5.32 Å². The van der Waals surface area contributed by atoms with Gasteiger partial charge in [0, 0.05) is 17.3 Å². The van der Waals surface area contributed by atoms with Crippen molar-refractivity contribution in [3.63, 3.8) is 0 Å². The van der Waals surface area contributed by atoms with Crippen LogP contribution in [0.1, 0.15) is 32.3 Å². The molecule has 0 radical (unpaired) electrons. The summed E-state index contributed by atoms with van der Waals surface area (Å²) < 4.78 is 13.0. The van der Waals surface area contributed by atoms with Crippen molar-refractivity contribution in [2.75, 3.05) is 0 Å². The molecule has 4 heteroatoms. The van der Waals surface area contributed by atoms with Crippen LogP contribution in [0.5, 0.6) is 0 Å². The second kappa shape index (κ2) is 5.49. The van der Waals surface area contributed by atoms with Crippen molar-refractivity contribution in [3.8, 4) is 0 Å². The van der Waals surface area contributed by atoms with Gasteiger partial charge >= 0.3 is 5.97 Å². The van der Waals surface area contributed by atoms with E-state index in [1.165, 1.54) is 12.1 Å². The van der Waals surface area contributed by atoms with Crippen LogP contribution in [0, 0.1) is 11.7 Å². The summed E-state index contributed by atoms with van der Waals surface area (Å²) in [6, 6.07) is 5.98. The van der Waals surface area contributed by atoms with Gasteiger partial charge in [-0.05, 0) is 30.5 Å². The molecule has 0 aliphatic carbocycles. The number of nitrogens with one attached hydrogen (secondary N) is 1. The van der Waals surface area contributed by atoms with Crippen LogP contribution < -0.4 is 5.32 Å². The Morgan fingerprint density at radius 2 is 1.90 bits per heavy atom. The molecule has 106 valence electrons. The van der Waals surface area contributed by atoms with Gasteiger partial charge in [0.1, 0.15) is 5.82 Å². The van der Waals surface area contributed by atoms with Crippen LogP contribution in [0.15, 0.2) is 47.3 Å². The smallest absolute Gasteiger partial charge is 0.334 e. The lowest BCUT2D eigenvalue weighted by molar-refractivity contribution is -0.133. The summed E-state index contributed by atoms with van der Waals surface area (Å²) in [6.45, 7) is 5.80. The van der Waals surface area contributed by atoms with E-state index in [0.29, 0.717) is 11.3 Å². The maximum absolute atomic E-state index is 13.0. The van der Waals surface area contributed by atoms with Gasteiger partial charge in [-0.15, -0.1) is 0 Å². The van der Waals surface area contributed by atoms with Gasteiger partial charge in [0.2, 0.25) is 0 Å². The molecular weight excluding hydrogens is 257 g/mol. The predicted molar refractivity (Wildman–Crippen MR) is 75.5 cm³/mol. The first kappa shape index (κ1) is 14.3. The van der Waals surface area contributed by atoms with Gasteiger partial charge in [0.05, 0.1) is 5.57 Å². The van der Waals surface area contributed by atoms with Crippen molar-refractivity contribution in [1.29, 1.82) is 0 Å². The van der Waals surface area contributed by atoms with Gasteiger partial charge in [-0.3, -0.25) is 0 Å². The number of aliphatic carboxylic acids is 1.